The van der Waals surface area contributed by atoms with Crippen LogP contribution in [0, 0.1) is 0 Å². The minimum Gasteiger partial charge on any atom is -0.493 e. The summed E-state index contributed by atoms with van der Waals surface area (Å²) in [6, 6.07) is 5.33. The highest BCUT2D eigenvalue weighted by Crippen LogP contribution is 2.29. The van der Waals surface area contributed by atoms with Crippen molar-refractivity contribution in [2.75, 3.05) is 7.11 Å². The molecule has 3 nitrogen and oxygen atoms in total. The topological polar surface area (TPSA) is 38.7 Å². The number of aliphatic hydroxyl groups excluding tert-OH is 1. The Bertz CT molecular complexity index is 334. The maximum atomic E-state index is 9.00. The number of methoxy groups -OCH3 is 1. The summed E-state index contributed by atoms with van der Waals surface area (Å²) in [4.78, 5) is 0. The van der Waals surface area contributed by atoms with E-state index in [1.54, 1.807) is 31.4 Å². The van der Waals surface area contributed by atoms with E-state index in [1.807, 2.05) is 6.92 Å². The first-order valence-electron chi connectivity index (χ1n) is 4.78. The minimum atomic E-state index is -0.0900. The van der Waals surface area contributed by atoms with Gasteiger partial charge < -0.3 is 14.6 Å². The number of hydrogen-bond donors (Lipinski definition) is 1. The van der Waals surface area contributed by atoms with E-state index in [1.165, 1.54) is 0 Å². The van der Waals surface area contributed by atoms with Gasteiger partial charge in [0.2, 0.25) is 0 Å². The van der Waals surface area contributed by atoms with E-state index in [4.69, 9.17) is 14.6 Å². The number of benzene rings is 1. The molecule has 1 unspecified atom stereocenters. The van der Waals surface area contributed by atoms with Crippen molar-refractivity contribution in [2.24, 2.45) is 0 Å². The normalized spacial score (nSPS) is 11.9. The van der Waals surface area contributed by atoms with Crippen molar-refractivity contribution in [1.29, 1.82) is 0 Å². The molecule has 0 saturated carbocycles. The smallest absolute Gasteiger partial charge is 0.162 e. The Balaban J connectivity index is 2.95. The van der Waals surface area contributed by atoms with E-state index in [2.05, 4.69) is 6.58 Å². The van der Waals surface area contributed by atoms with Crippen LogP contribution >= 0.6 is 0 Å². The third kappa shape index (κ3) is 2.99. The van der Waals surface area contributed by atoms with Crippen molar-refractivity contribution < 1.29 is 14.6 Å². The van der Waals surface area contributed by atoms with Gasteiger partial charge in [-0.15, -0.1) is 0 Å². The summed E-state index contributed by atoms with van der Waals surface area (Å²) in [5, 5.41) is 9.00. The van der Waals surface area contributed by atoms with E-state index < -0.39 is 0 Å². The Kier molecular flexibility index (Phi) is 4.18. The van der Waals surface area contributed by atoms with Crippen LogP contribution in [0.5, 0.6) is 11.5 Å². The van der Waals surface area contributed by atoms with Gasteiger partial charge in [-0.1, -0.05) is 18.7 Å². The first-order valence-corrected chi connectivity index (χ1v) is 4.78. The van der Waals surface area contributed by atoms with Gasteiger partial charge in [-0.05, 0) is 24.6 Å². The lowest BCUT2D eigenvalue weighted by molar-refractivity contribution is 0.251. The van der Waals surface area contributed by atoms with E-state index in [0.29, 0.717) is 11.5 Å². The summed E-state index contributed by atoms with van der Waals surface area (Å²) in [5.74, 6) is 1.28. The second-order valence-corrected chi connectivity index (χ2v) is 3.20. The van der Waals surface area contributed by atoms with Gasteiger partial charge in [0, 0.05) is 0 Å². The van der Waals surface area contributed by atoms with Gasteiger partial charge in [-0.25, -0.2) is 0 Å². The molecule has 82 valence electrons. The van der Waals surface area contributed by atoms with Crippen LogP contribution < -0.4 is 9.47 Å². The molecule has 3 heteroatoms. The van der Waals surface area contributed by atoms with Crippen molar-refractivity contribution in [2.45, 2.75) is 19.6 Å². The van der Waals surface area contributed by atoms with Crippen LogP contribution in [-0.2, 0) is 6.61 Å². The molecule has 1 N–H and O–H groups in total. The van der Waals surface area contributed by atoms with E-state index in [9.17, 15) is 0 Å². The third-order valence-electron chi connectivity index (χ3n) is 2.06. The molecule has 1 aromatic rings. The largest absolute Gasteiger partial charge is 0.493 e. The second kappa shape index (κ2) is 5.41. The third-order valence-corrected chi connectivity index (χ3v) is 2.06. The summed E-state index contributed by atoms with van der Waals surface area (Å²) >= 11 is 0. The first kappa shape index (κ1) is 11.6. The minimum absolute atomic E-state index is 0.0111. The van der Waals surface area contributed by atoms with Gasteiger partial charge in [0.05, 0.1) is 13.7 Å². The highest BCUT2D eigenvalue weighted by molar-refractivity contribution is 5.43. The lowest BCUT2D eigenvalue weighted by atomic mass is 10.2. The molecule has 0 fully saturated rings. The van der Waals surface area contributed by atoms with Crippen molar-refractivity contribution in [3.63, 3.8) is 0 Å². The van der Waals surface area contributed by atoms with Gasteiger partial charge in [0.25, 0.3) is 0 Å². The maximum absolute atomic E-state index is 9.00. The number of hydrogen-bond acceptors (Lipinski definition) is 3. The Hall–Kier alpha value is -1.48. The SMILES string of the molecule is C=CC(C)Oc1cc(CO)ccc1OC. The fraction of sp³-hybridized carbons (Fsp3) is 0.333. The van der Waals surface area contributed by atoms with Crippen molar-refractivity contribution in [3.05, 3.63) is 36.4 Å². The Morgan fingerprint density at radius 3 is 2.73 bits per heavy atom. The maximum Gasteiger partial charge on any atom is 0.162 e. The molecule has 1 aromatic carbocycles. The zero-order valence-electron chi connectivity index (χ0n) is 9.06. The Morgan fingerprint density at radius 2 is 2.20 bits per heavy atom. The summed E-state index contributed by atoms with van der Waals surface area (Å²) in [6.45, 7) is 5.52. The Morgan fingerprint density at radius 1 is 1.47 bits per heavy atom. The molecule has 0 spiro atoms. The number of ether oxygens (including phenoxy) is 2. The van der Waals surface area contributed by atoms with Crippen molar-refractivity contribution in [3.8, 4) is 11.5 Å². The number of aliphatic hydroxyl groups is 1. The van der Waals surface area contributed by atoms with E-state index >= 15 is 0 Å². The lowest BCUT2D eigenvalue weighted by Crippen LogP contribution is -2.08. The van der Waals surface area contributed by atoms with Crippen LogP contribution in [0.25, 0.3) is 0 Å². The molecule has 1 atom stereocenters. The molecule has 1 rings (SSSR count). The molecule has 0 radical (unpaired) electrons. The summed E-state index contributed by atoms with van der Waals surface area (Å²) in [7, 11) is 1.58. The van der Waals surface area contributed by atoms with Crippen LogP contribution in [0.4, 0.5) is 0 Å². The molecule has 0 bridgehead atoms. The highest BCUT2D eigenvalue weighted by atomic mass is 16.5. The fourth-order valence-electron chi connectivity index (χ4n) is 1.16. The standard InChI is InChI=1S/C12H16O3/c1-4-9(2)15-12-7-10(8-13)5-6-11(12)14-3/h4-7,9,13H,1,8H2,2-3H3. The van der Waals surface area contributed by atoms with Gasteiger partial charge >= 0.3 is 0 Å². The molecule has 0 aliphatic heterocycles. The van der Waals surface area contributed by atoms with Crippen molar-refractivity contribution in [1.82, 2.24) is 0 Å². The van der Waals surface area contributed by atoms with Crippen LogP contribution in [-0.4, -0.2) is 18.3 Å². The first-order chi connectivity index (χ1) is 7.21. The molecule has 0 aromatic heterocycles. The molecule has 0 saturated heterocycles. The predicted molar refractivity (Wildman–Crippen MR) is 59.2 cm³/mol. The molecular formula is C12H16O3. The molecule has 15 heavy (non-hydrogen) atoms. The predicted octanol–water partition coefficient (Wildman–Crippen LogP) is 2.14. The fourth-order valence-corrected chi connectivity index (χ4v) is 1.16. The Labute approximate surface area is 90.0 Å². The monoisotopic (exact) mass is 208 g/mol. The average Bonchev–Trinajstić information content (AvgIpc) is 2.28. The van der Waals surface area contributed by atoms with Gasteiger partial charge in [0.1, 0.15) is 6.10 Å². The molecular weight excluding hydrogens is 192 g/mol. The average molecular weight is 208 g/mol. The summed E-state index contributed by atoms with van der Waals surface area (Å²) in [6.07, 6.45) is 1.61. The van der Waals surface area contributed by atoms with Crippen LogP contribution in [0.2, 0.25) is 0 Å². The van der Waals surface area contributed by atoms with Gasteiger partial charge in [-0.3, -0.25) is 0 Å². The van der Waals surface area contributed by atoms with Crippen LogP contribution in [0.15, 0.2) is 30.9 Å². The number of rotatable bonds is 5. The zero-order valence-corrected chi connectivity index (χ0v) is 9.06. The second-order valence-electron chi connectivity index (χ2n) is 3.20. The van der Waals surface area contributed by atoms with E-state index in [0.717, 1.165) is 5.56 Å². The highest BCUT2D eigenvalue weighted by Gasteiger charge is 2.07. The van der Waals surface area contributed by atoms with Crippen LogP contribution in [0.1, 0.15) is 12.5 Å². The summed E-state index contributed by atoms with van der Waals surface area (Å²) < 4.78 is 10.7. The van der Waals surface area contributed by atoms with E-state index in [-0.39, 0.29) is 12.7 Å². The summed E-state index contributed by atoms with van der Waals surface area (Å²) in [5.41, 5.74) is 0.794. The zero-order chi connectivity index (χ0) is 11.3. The van der Waals surface area contributed by atoms with Gasteiger partial charge in [0.15, 0.2) is 11.5 Å². The van der Waals surface area contributed by atoms with Crippen molar-refractivity contribution >= 4 is 0 Å². The molecule has 0 amide bonds. The van der Waals surface area contributed by atoms with Gasteiger partial charge in [-0.2, -0.15) is 0 Å². The van der Waals surface area contributed by atoms with Crippen LogP contribution in [0.3, 0.4) is 0 Å². The molecule has 0 heterocycles. The lowest BCUT2D eigenvalue weighted by Gasteiger charge is -2.14. The quantitative estimate of drug-likeness (QED) is 0.753. The molecule has 0 aliphatic carbocycles. The molecule has 0 aliphatic rings.